The third-order valence-corrected chi connectivity index (χ3v) is 6.63. The fraction of sp³-hybridized carbons (Fsp3) is 0.579. The molecule has 9 heteroatoms. The van der Waals surface area contributed by atoms with E-state index in [0.29, 0.717) is 18.3 Å². The normalized spacial score (nSPS) is 32.8. The van der Waals surface area contributed by atoms with E-state index in [0.717, 1.165) is 44.2 Å². The third-order valence-electron chi connectivity index (χ3n) is 6.18. The van der Waals surface area contributed by atoms with Crippen LogP contribution in [-0.2, 0) is 14.3 Å². The molecule has 1 aromatic carbocycles. The van der Waals surface area contributed by atoms with Gasteiger partial charge in [-0.2, -0.15) is 4.39 Å². The fourth-order valence-corrected chi connectivity index (χ4v) is 6.29. The van der Waals surface area contributed by atoms with E-state index in [1.165, 1.54) is 6.07 Å². The van der Waals surface area contributed by atoms with Crippen LogP contribution in [0, 0.1) is 33.2 Å². The Morgan fingerprint density at radius 2 is 1.96 bits per heavy atom. The summed E-state index contributed by atoms with van der Waals surface area (Å²) in [7, 11) is 0. The lowest BCUT2D eigenvalue weighted by Gasteiger charge is -2.58. The molecule has 1 aromatic rings. The summed E-state index contributed by atoms with van der Waals surface area (Å²) >= 11 is 6.71. The van der Waals surface area contributed by atoms with Gasteiger partial charge in [-0.15, -0.1) is 11.6 Å². The second-order valence-electron chi connectivity index (χ2n) is 8.44. The van der Waals surface area contributed by atoms with Gasteiger partial charge in [-0.05, 0) is 62.5 Å². The van der Waals surface area contributed by atoms with Crippen molar-refractivity contribution in [1.29, 1.82) is 0 Å². The van der Waals surface area contributed by atoms with Crippen LogP contribution < -0.4 is 5.32 Å². The summed E-state index contributed by atoms with van der Waals surface area (Å²) in [6.07, 6.45) is 5.06. The van der Waals surface area contributed by atoms with Gasteiger partial charge in [0.25, 0.3) is 5.91 Å². The minimum Gasteiger partial charge on any atom is -0.455 e. The highest BCUT2D eigenvalue weighted by atomic mass is 35.5. The van der Waals surface area contributed by atoms with Crippen molar-refractivity contribution in [1.82, 2.24) is 0 Å². The molecule has 2 unspecified atom stereocenters. The van der Waals surface area contributed by atoms with Crippen molar-refractivity contribution in [3.8, 4) is 0 Å². The summed E-state index contributed by atoms with van der Waals surface area (Å²) < 4.78 is 18.7. The maximum Gasteiger partial charge on any atom is 0.312 e. The van der Waals surface area contributed by atoms with Crippen LogP contribution >= 0.6 is 11.6 Å². The first kappa shape index (κ1) is 19.1. The molecule has 28 heavy (non-hydrogen) atoms. The molecular weight excluding hydrogens is 391 g/mol. The molecule has 0 heterocycles. The second-order valence-corrected chi connectivity index (χ2v) is 9.24. The minimum atomic E-state index is -0.994. The molecule has 0 aliphatic heterocycles. The number of nitrogens with one attached hydrogen (secondary N) is 1. The predicted molar refractivity (Wildman–Crippen MR) is 98.3 cm³/mol. The Hall–Kier alpha value is -2.22. The first-order valence-electron chi connectivity index (χ1n) is 9.28. The Balaban J connectivity index is 1.37. The number of nitro benzene ring substituents is 1. The molecule has 4 aliphatic rings. The Labute approximate surface area is 165 Å². The van der Waals surface area contributed by atoms with E-state index < -0.39 is 40.3 Å². The van der Waals surface area contributed by atoms with Crippen LogP contribution in [0.15, 0.2) is 18.2 Å². The molecule has 0 radical (unpaired) electrons. The Morgan fingerprint density at radius 3 is 2.57 bits per heavy atom. The first-order valence-corrected chi connectivity index (χ1v) is 9.66. The summed E-state index contributed by atoms with van der Waals surface area (Å²) in [5.74, 6) is -1.17. The molecule has 4 aliphatic carbocycles. The minimum absolute atomic E-state index is 0.0589. The highest BCUT2D eigenvalue weighted by Gasteiger charge is 2.60. The number of alkyl halides is 1. The van der Waals surface area contributed by atoms with Crippen LogP contribution in [-0.4, -0.2) is 28.3 Å². The van der Waals surface area contributed by atoms with Crippen molar-refractivity contribution in [3.05, 3.63) is 34.1 Å². The van der Waals surface area contributed by atoms with Crippen molar-refractivity contribution in [2.75, 3.05) is 11.9 Å². The number of carbonyl (C=O) groups excluding carboxylic acids is 2. The lowest BCUT2D eigenvalue weighted by atomic mass is 9.49. The van der Waals surface area contributed by atoms with Crippen LogP contribution in [0.5, 0.6) is 0 Å². The van der Waals surface area contributed by atoms with Crippen LogP contribution in [0.25, 0.3) is 0 Å². The average Bonchev–Trinajstić information content (AvgIpc) is 2.59. The van der Waals surface area contributed by atoms with Crippen molar-refractivity contribution >= 4 is 34.9 Å². The first-order chi connectivity index (χ1) is 13.2. The molecular formula is C19H20ClFN2O5. The summed E-state index contributed by atoms with van der Waals surface area (Å²) in [5, 5.41) is 13.2. The number of amides is 1. The largest absolute Gasteiger partial charge is 0.455 e. The van der Waals surface area contributed by atoms with Gasteiger partial charge in [0.15, 0.2) is 6.61 Å². The van der Waals surface area contributed by atoms with Crippen molar-refractivity contribution in [3.63, 3.8) is 0 Å². The molecule has 1 N–H and O–H groups in total. The third kappa shape index (κ3) is 3.45. The quantitative estimate of drug-likeness (QED) is 0.344. The molecule has 0 aromatic heterocycles. The average molecular weight is 411 g/mol. The van der Waals surface area contributed by atoms with Crippen molar-refractivity contribution in [2.45, 2.75) is 43.4 Å². The lowest BCUT2D eigenvalue weighted by molar-refractivity contribution is -0.387. The van der Waals surface area contributed by atoms with E-state index in [4.69, 9.17) is 16.3 Å². The zero-order valence-corrected chi connectivity index (χ0v) is 15.8. The zero-order chi connectivity index (χ0) is 20.1. The number of hydrogen-bond acceptors (Lipinski definition) is 5. The van der Waals surface area contributed by atoms with Gasteiger partial charge in [0.05, 0.1) is 10.3 Å². The molecule has 4 fully saturated rings. The number of halogens is 2. The Kier molecular flexibility index (Phi) is 4.56. The molecule has 5 rings (SSSR count). The van der Waals surface area contributed by atoms with E-state index in [1.807, 2.05) is 0 Å². The van der Waals surface area contributed by atoms with E-state index >= 15 is 0 Å². The van der Waals surface area contributed by atoms with Crippen molar-refractivity contribution in [2.24, 2.45) is 17.3 Å². The second kappa shape index (κ2) is 6.69. The predicted octanol–water partition coefficient (Wildman–Crippen LogP) is 3.79. The lowest BCUT2D eigenvalue weighted by Crippen LogP contribution is -2.56. The number of nitro groups is 1. The van der Waals surface area contributed by atoms with Gasteiger partial charge < -0.3 is 10.1 Å². The smallest absolute Gasteiger partial charge is 0.312 e. The van der Waals surface area contributed by atoms with Crippen LogP contribution in [0.3, 0.4) is 0 Å². The van der Waals surface area contributed by atoms with Gasteiger partial charge in [0.2, 0.25) is 5.82 Å². The van der Waals surface area contributed by atoms with Crippen LogP contribution in [0.4, 0.5) is 15.8 Å². The van der Waals surface area contributed by atoms with Gasteiger partial charge in [0, 0.05) is 16.6 Å². The van der Waals surface area contributed by atoms with Gasteiger partial charge in [-0.1, -0.05) is 0 Å². The van der Waals surface area contributed by atoms with Gasteiger partial charge >= 0.3 is 11.7 Å². The highest BCUT2D eigenvalue weighted by molar-refractivity contribution is 6.24. The summed E-state index contributed by atoms with van der Waals surface area (Å²) in [5.41, 5.74) is -1.29. The van der Waals surface area contributed by atoms with Gasteiger partial charge in [-0.3, -0.25) is 19.7 Å². The maximum absolute atomic E-state index is 13.4. The van der Waals surface area contributed by atoms with E-state index in [9.17, 15) is 24.1 Å². The monoisotopic (exact) mass is 410 g/mol. The fourth-order valence-electron chi connectivity index (χ4n) is 5.60. The molecule has 0 saturated heterocycles. The van der Waals surface area contributed by atoms with Crippen LogP contribution in [0.1, 0.15) is 38.5 Å². The summed E-state index contributed by atoms with van der Waals surface area (Å²) in [4.78, 5) is 34.4. The molecule has 4 bridgehead atoms. The van der Waals surface area contributed by atoms with E-state index in [-0.39, 0.29) is 10.6 Å². The molecule has 4 atom stereocenters. The Morgan fingerprint density at radius 1 is 1.29 bits per heavy atom. The number of hydrogen-bond donors (Lipinski definition) is 1. The number of esters is 1. The van der Waals surface area contributed by atoms with Gasteiger partial charge in [0.1, 0.15) is 0 Å². The zero-order valence-electron chi connectivity index (χ0n) is 15.1. The Bertz CT molecular complexity index is 847. The van der Waals surface area contributed by atoms with E-state index in [1.54, 1.807) is 0 Å². The number of nitrogens with zero attached hydrogens (tertiary/aromatic N) is 1. The summed E-state index contributed by atoms with van der Waals surface area (Å²) in [6, 6.07) is 3.03. The standard InChI is InChI=1S/C19H20ClFN2O5/c20-19-7-11-3-12(8-19)6-18(5-11,10-19)17(25)28-9-16(24)22-13-1-2-14(21)15(4-13)23(26)27/h1-2,4,11-12H,3,5-10H2,(H,22,24)/t11-,12+,18?,19?. The molecule has 0 spiro atoms. The molecule has 4 saturated carbocycles. The highest BCUT2D eigenvalue weighted by Crippen LogP contribution is 2.64. The number of benzene rings is 1. The van der Waals surface area contributed by atoms with E-state index in [2.05, 4.69) is 5.32 Å². The number of rotatable bonds is 5. The SMILES string of the molecule is O=C(COC(=O)C12C[C@@H]3C[C@@H](CC(Cl)(C3)C1)C2)Nc1ccc(F)c([N+](=O)[O-])c1. The molecule has 1 amide bonds. The van der Waals surface area contributed by atoms with Crippen LogP contribution in [0.2, 0.25) is 0 Å². The maximum atomic E-state index is 13.4. The molecule has 150 valence electrons. The summed E-state index contributed by atoms with van der Waals surface area (Å²) in [6.45, 7) is -0.504. The van der Waals surface area contributed by atoms with Gasteiger partial charge in [-0.25, -0.2) is 0 Å². The molecule has 7 nitrogen and oxygen atoms in total. The number of anilines is 1. The van der Waals surface area contributed by atoms with Crippen molar-refractivity contribution < 1.29 is 23.6 Å². The topological polar surface area (TPSA) is 98.5 Å². The number of carbonyl (C=O) groups is 2. The number of ether oxygens (including phenoxy) is 1.